The number of hydrogen-bond acceptors (Lipinski definition) is 8. The molecule has 1 fully saturated rings. The standard InChI is InChI=1S/C27H34N6O5S/c1-26(2,3)19(29-25(37)32-27(4,5)6)23(34)33-14-15(13-18(33)24(35)36)38-21-16-10-12-39-22(16)31-20(30-21)17-9-7-8-11-28-17/h7-12,15,18-19H,13-14H2,1-6H3,(H,35,36)(H2,29,32,37)/t15-,18+,19?/m1/s1. The van der Waals surface area contributed by atoms with Gasteiger partial charge in [-0.25, -0.2) is 14.6 Å². The molecule has 1 saturated heterocycles. The number of hydrogen-bond donors (Lipinski definition) is 3. The third-order valence-electron chi connectivity index (χ3n) is 6.17. The van der Waals surface area contributed by atoms with Crippen molar-refractivity contribution in [3.05, 3.63) is 35.8 Å². The molecule has 3 aromatic heterocycles. The third kappa shape index (κ3) is 6.62. The lowest BCUT2D eigenvalue weighted by atomic mass is 9.85. The Hall–Kier alpha value is -3.80. The molecule has 1 unspecified atom stereocenters. The lowest BCUT2D eigenvalue weighted by Gasteiger charge is -2.35. The van der Waals surface area contributed by atoms with Gasteiger partial charge in [-0.3, -0.25) is 9.78 Å². The fourth-order valence-corrected chi connectivity index (χ4v) is 5.12. The smallest absolute Gasteiger partial charge is 0.326 e. The largest absolute Gasteiger partial charge is 0.480 e. The van der Waals surface area contributed by atoms with Gasteiger partial charge in [0.25, 0.3) is 0 Å². The molecule has 208 valence electrons. The molecular formula is C27H34N6O5S. The van der Waals surface area contributed by atoms with Gasteiger partial charge in [-0.05, 0) is 49.8 Å². The summed E-state index contributed by atoms with van der Waals surface area (Å²) in [6, 6.07) is 4.70. The Labute approximate surface area is 231 Å². The summed E-state index contributed by atoms with van der Waals surface area (Å²) in [4.78, 5) is 54.1. The molecule has 3 atom stereocenters. The van der Waals surface area contributed by atoms with E-state index < -0.39 is 47.0 Å². The minimum absolute atomic E-state index is 0.0273. The van der Waals surface area contributed by atoms with Crippen molar-refractivity contribution in [2.75, 3.05) is 6.54 Å². The van der Waals surface area contributed by atoms with Crippen LogP contribution in [0.4, 0.5) is 4.79 Å². The van der Waals surface area contributed by atoms with E-state index in [9.17, 15) is 19.5 Å². The second-order valence-electron chi connectivity index (χ2n) is 11.7. The number of urea groups is 1. The van der Waals surface area contributed by atoms with Crippen LogP contribution in [0.5, 0.6) is 5.88 Å². The van der Waals surface area contributed by atoms with Crippen molar-refractivity contribution >= 4 is 39.5 Å². The highest BCUT2D eigenvalue weighted by Crippen LogP contribution is 2.33. The maximum Gasteiger partial charge on any atom is 0.326 e. The Balaban J connectivity index is 1.59. The minimum Gasteiger partial charge on any atom is -0.480 e. The molecular weight excluding hydrogens is 520 g/mol. The van der Waals surface area contributed by atoms with Gasteiger partial charge in [0.05, 0.1) is 11.9 Å². The summed E-state index contributed by atoms with van der Waals surface area (Å²) < 4.78 is 6.25. The number of fused-ring (bicyclic) bond motifs is 1. The molecule has 3 aromatic rings. The zero-order valence-electron chi connectivity index (χ0n) is 22.9. The summed E-state index contributed by atoms with van der Waals surface area (Å²) in [6.07, 6.45) is 1.09. The van der Waals surface area contributed by atoms with Crippen LogP contribution < -0.4 is 15.4 Å². The maximum absolute atomic E-state index is 13.7. The van der Waals surface area contributed by atoms with Crippen molar-refractivity contribution in [1.82, 2.24) is 30.5 Å². The number of carboxylic acid groups (broad SMARTS) is 1. The molecule has 0 bridgehead atoms. The first-order chi connectivity index (χ1) is 18.2. The highest BCUT2D eigenvalue weighted by molar-refractivity contribution is 7.16. The monoisotopic (exact) mass is 554 g/mol. The van der Waals surface area contributed by atoms with Crippen LogP contribution in [0.2, 0.25) is 0 Å². The van der Waals surface area contributed by atoms with E-state index in [0.29, 0.717) is 27.6 Å². The predicted octanol–water partition coefficient (Wildman–Crippen LogP) is 3.70. The van der Waals surface area contributed by atoms with E-state index in [1.54, 1.807) is 18.3 Å². The second-order valence-corrected chi connectivity index (χ2v) is 12.6. The molecule has 4 heterocycles. The molecule has 4 rings (SSSR count). The van der Waals surface area contributed by atoms with E-state index in [-0.39, 0.29) is 13.0 Å². The van der Waals surface area contributed by atoms with Crippen molar-refractivity contribution in [2.24, 2.45) is 5.41 Å². The first-order valence-corrected chi connectivity index (χ1v) is 13.6. The zero-order valence-corrected chi connectivity index (χ0v) is 23.7. The first kappa shape index (κ1) is 28.2. The topological polar surface area (TPSA) is 147 Å². The number of aliphatic carboxylic acids is 1. The maximum atomic E-state index is 13.7. The van der Waals surface area contributed by atoms with E-state index in [1.165, 1.54) is 16.2 Å². The highest BCUT2D eigenvalue weighted by atomic mass is 32.1. The lowest BCUT2D eigenvalue weighted by molar-refractivity contribution is -0.150. The van der Waals surface area contributed by atoms with Crippen molar-refractivity contribution in [1.29, 1.82) is 0 Å². The number of thiophene rings is 1. The molecule has 12 heteroatoms. The number of carbonyl (C=O) groups is 3. The predicted molar refractivity (Wildman–Crippen MR) is 147 cm³/mol. The number of nitrogens with one attached hydrogen (secondary N) is 2. The average Bonchev–Trinajstić information content (AvgIpc) is 3.48. The Morgan fingerprint density at radius 2 is 1.87 bits per heavy atom. The average molecular weight is 555 g/mol. The molecule has 0 aliphatic carbocycles. The van der Waals surface area contributed by atoms with Crippen LogP contribution in [0.3, 0.4) is 0 Å². The number of carboxylic acids is 1. The fourth-order valence-electron chi connectivity index (χ4n) is 4.37. The summed E-state index contributed by atoms with van der Waals surface area (Å²) >= 11 is 1.43. The first-order valence-electron chi connectivity index (χ1n) is 12.7. The van der Waals surface area contributed by atoms with Gasteiger partial charge >= 0.3 is 12.0 Å². The molecule has 0 aromatic carbocycles. The zero-order chi connectivity index (χ0) is 28.5. The summed E-state index contributed by atoms with van der Waals surface area (Å²) in [5, 5.41) is 18.1. The Morgan fingerprint density at radius 3 is 2.49 bits per heavy atom. The Morgan fingerprint density at radius 1 is 1.13 bits per heavy atom. The SMILES string of the molecule is CC(C)(C)NC(=O)NC(C(=O)N1C[C@H](Oc2nc(-c3ccccn3)nc3sccc23)C[C@H]1C(=O)O)C(C)(C)C. The van der Waals surface area contributed by atoms with Gasteiger partial charge in [-0.1, -0.05) is 26.8 Å². The van der Waals surface area contributed by atoms with E-state index in [1.807, 2.05) is 59.1 Å². The molecule has 3 N–H and O–H groups in total. The molecule has 1 aliphatic rings. The van der Waals surface area contributed by atoms with Crippen molar-refractivity contribution in [3.8, 4) is 17.4 Å². The van der Waals surface area contributed by atoms with Gasteiger partial charge in [0.2, 0.25) is 11.8 Å². The Kier molecular flexibility index (Phi) is 7.78. The molecule has 0 spiro atoms. The number of carbonyl (C=O) groups excluding carboxylic acids is 2. The van der Waals surface area contributed by atoms with Crippen LogP contribution in [0.25, 0.3) is 21.7 Å². The number of likely N-dealkylation sites (tertiary alicyclic amines) is 1. The van der Waals surface area contributed by atoms with Crippen LogP contribution >= 0.6 is 11.3 Å². The van der Waals surface area contributed by atoms with Crippen LogP contribution in [-0.4, -0.2) is 73.1 Å². The Bertz CT molecular complexity index is 1360. The van der Waals surface area contributed by atoms with E-state index >= 15 is 0 Å². The number of ether oxygens (including phenoxy) is 1. The summed E-state index contributed by atoms with van der Waals surface area (Å²) in [5.41, 5.74) is -0.608. The number of aromatic nitrogens is 3. The second kappa shape index (κ2) is 10.8. The number of rotatable bonds is 6. The molecule has 0 saturated carbocycles. The quantitative estimate of drug-likeness (QED) is 0.418. The van der Waals surface area contributed by atoms with Gasteiger partial charge in [-0.15, -0.1) is 11.3 Å². The van der Waals surface area contributed by atoms with Crippen LogP contribution in [0, 0.1) is 5.41 Å². The van der Waals surface area contributed by atoms with Crippen molar-refractivity contribution < 1.29 is 24.2 Å². The lowest BCUT2D eigenvalue weighted by Crippen LogP contribution is -2.60. The normalized spacial score (nSPS) is 18.6. The molecule has 11 nitrogen and oxygen atoms in total. The summed E-state index contributed by atoms with van der Waals surface area (Å²) in [7, 11) is 0. The molecule has 39 heavy (non-hydrogen) atoms. The number of amides is 3. The van der Waals surface area contributed by atoms with Gasteiger partial charge in [0, 0.05) is 18.2 Å². The molecule has 0 radical (unpaired) electrons. The highest BCUT2D eigenvalue weighted by Gasteiger charge is 2.46. The minimum atomic E-state index is -1.14. The van der Waals surface area contributed by atoms with Crippen LogP contribution in [-0.2, 0) is 9.59 Å². The number of nitrogens with zero attached hydrogens (tertiary/aromatic N) is 4. The van der Waals surface area contributed by atoms with Crippen molar-refractivity contribution in [2.45, 2.75) is 71.7 Å². The summed E-state index contributed by atoms with van der Waals surface area (Å²) in [6.45, 7) is 11.0. The molecule has 1 aliphatic heterocycles. The van der Waals surface area contributed by atoms with E-state index in [4.69, 9.17) is 4.74 Å². The fraction of sp³-hybridized carbons (Fsp3) is 0.481. The van der Waals surface area contributed by atoms with E-state index in [2.05, 4.69) is 25.6 Å². The van der Waals surface area contributed by atoms with Crippen molar-refractivity contribution in [3.63, 3.8) is 0 Å². The van der Waals surface area contributed by atoms with Gasteiger partial charge in [0.1, 0.15) is 28.7 Å². The molecule has 3 amide bonds. The van der Waals surface area contributed by atoms with Crippen LogP contribution in [0.1, 0.15) is 48.0 Å². The van der Waals surface area contributed by atoms with Gasteiger partial charge in [-0.2, -0.15) is 4.98 Å². The third-order valence-corrected chi connectivity index (χ3v) is 6.98. The van der Waals surface area contributed by atoms with Crippen LogP contribution in [0.15, 0.2) is 35.8 Å². The number of pyridine rings is 1. The summed E-state index contributed by atoms with van der Waals surface area (Å²) in [5.74, 6) is -0.926. The van der Waals surface area contributed by atoms with Gasteiger partial charge in [0.15, 0.2) is 5.82 Å². The van der Waals surface area contributed by atoms with E-state index in [0.717, 1.165) is 0 Å². The van der Waals surface area contributed by atoms with Gasteiger partial charge < -0.3 is 25.4 Å².